The summed E-state index contributed by atoms with van der Waals surface area (Å²) in [5, 5.41) is 8.07. The zero-order chi connectivity index (χ0) is 12.3. The Morgan fingerprint density at radius 3 is 3.12 bits per heavy atom. The number of imidazole rings is 1. The van der Waals surface area contributed by atoms with Gasteiger partial charge in [-0.05, 0) is 31.0 Å². The van der Waals surface area contributed by atoms with Crippen molar-refractivity contribution in [3.63, 3.8) is 0 Å². The third kappa shape index (κ3) is 3.23. The first-order valence-electron chi connectivity index (χ1n) is 5.57. The van der Waals surface area contributed by atoms with Crippen molar-refractivity contribution in [2.45, 2.75) is 24.9 Å². The van der Waals surface area contributed by atoms with Crippen molar-refractivity contribution in [3.05, 3.63) is 23.8 Å². The van der Waals surface area contributed by atoms with Crippen LogP contribution in [0.3, 0.4) is 0 Å². The molecule has 2 rings (SSSR count). The normalized spacial score (nSPS) is 10.9. The van der Waals surface area contributed by atoms with E-state index in [2.05, 4.69) is 29.0 Å². The lowest BCUT2D eigenvalue weighted by Gasteiger charge is -1.96. The summed E-state index contributed by atoms with van der Waals surface area (Å²) in [6.45, 7) is 2.07. The molecule has 0 aliphatic heterocycles. The van der Waals surface area contributed by atoms with Gasteiger partial charge in [0.15, 0.2) is 5.16 Å². The van der Waals surface area contributed by atoms with Gasteiger partial charge in [-0.1, -0.05) is 17.8 Å². The van der Waals surface area contributed by atoms with Gasteiger partial charge < -0.3 is 10.7 Å². The molecule has 0 radical (unpaired) electrons. The summed E-state index contributed by atoms with van der Waals surface area (Å²) in [7, 11) is 0. The molecule has 17 heavy (non-hydrogen) atoms. The van der Waals surface area contributed by atoms with Crippen LogP contribution in [-0.2, 0) is 0 Å². The van der Waals surface area contributed by atoms with E-state index < -0.39 is 0 Å². The number of nitrogens with one attached hydrogen (secondary N) is 2. The molecule has 0 unspecified atom stereocenters. The Morgan fingerprint density at radius 2 is 2.35 bits per heavy atom. The molecule has 0 atom stereocenters. The van der Waals surface area contributed by atoms with E-state index in [9.17, 15) is 0 Å². The number of aryl methyl sites for hydroxylation is 1. The van der Waals surface area contributed by atoms with Gasteiger partial charge in [-0.3, -0.25) is 5.41 Å². The summed E-state index contributed by atoms with van der Waals surface area (Å²) in [5.41, 5.74) is 8.62. The fourth-order valence-electron chi connectivity index (χ4n) is 1.60. The minimum Gasteiger partial charge on any atom is -0.388 e. The van der Waals surface area contributed by atoms with Crippen LogP contribution in [0.15, 0.2) is 23.4 Å². The number of thioether (sulfide) groups is 1. The number of fused-ring (bicyclic) bond motifs is 1. The topological polar surface area (TPSA) is 78.6 Å². The quantitative estimate of drug-likeness (QED) is 0.329. The van der Waals surface area contributed by atoms with E-state index in [1.165, 1.54) is 5.56 Å². The van der Waals surface area contributed by atoms with Gasteiger partial charge in [0.05, 0.1) is 16.9 Å². The summed E-state index contributed by atoms with van der Waals surface area (Å²) < 4.78 is 0. The highest BCUT2D eigenvalue weighted by Gasteiger charge is 2.03. The number of nitrogens with zero attached hydrogens (tertiary/aromatic N) is 1. The van der Waals surface area contributed by atoms with E-state index in [1.54, 1.807) is 11.8 Å². The molecule has 4 nitrogen and oxygen atoms in total. The van der Waals surface area contributed by atoms with Crippen LogP contribution in [0.5, 0.6) is 0 Å². The standard InChI is InChI=1S/C12H16N4S/c1-8-4-5-9-10(7-8)16-12(15-9)17-6-2-3-11(13)14/h4-5,7H,2-3,6H2,1H3,(H3,13,14)(H,15,16). The maximum Gasteiger partial charge on any atom is 0.166 e. The van der Waals surface area contributed by atoms with Crippen molar-refractivity contribution in [3.8, 4) is 0 Å². The summed E-state index contributed by atoms with van der Waals surface area (Å²) in [6, 6.07) is 6.19. The molecule has 4 N–H and O–H groups in total. The average Bonchev–Trinajstić information content (AvgIpc) is 2.66. The van der Waals surface area contributed by atoms with Crippen molar-refractivity contribution < 1.29 is 0 Å². The maximum atomic E-state index is 7.13. The highest BCUT2D eigenvalue weighted by atomic mass is 32.2. The van der Waals surface area contributed by atoms with Gasteiger partial charge in [-0.15, -0.1) is 0 Å². The van der Waals surface area contributed by atoms with Gasteiger partial charge in [0.25, 0.3) is 0 Å². The Balaban J connectivity index is 1.97. The van der Waals surface area contributed by atoms with Crippen molar-refractivity contribution in [1.29, 1.82) is 5.41 Å². The third-order valence-corrected chi connectivity index (χ3v) is 3.40. The fourth-order valence-corrected chi connectivity index (χ4v) is 2.43. The van der Waals surface area contributed by atoms with Crippen molar-refractivity contribution >= 4 is 28.6 Å². The van der Waals surface area contributed by atoms with Crippen LogP contribution in [0.1, 0.15) is 18.4 Å². The number of amidine groups is 1. The summed E-state index contributed by atoms with van der Waals surface area (Å²) in [4.78, 5) is 7.78. The van der Waals surface area contributed by atoms with Crippen LogP contribution in [0.25, 0.3) is 11.0 Å². The lowest BCUT2D eigenvalue weighted by atomic mass is 10.2. The van der Waals surface area contributed by atoms with Crippen molar-refractivity contribution in [2.75, 3.05) is 5.75 Å². The number of nitrogens with two attached hydrogens (primary N) is 1. The summed E-state index contributed by atoms with van der Waals surface area (Å²) in [6.07, 6.45) is 1.57. The van der Waals surface area contributed by atoms with Gasteiger partial charge in [0, 0.05) is 12.2 Å². The smallest absolute Gasteiger partial charge is 0.166 e. The molecular formula is C12H16N4S. The second kappa shape index (κ2) is 5.23. The zero-order valence-electron chi connectivity index (χ0n) is 9.79. The largest absolute Gasteiger partial charge is 0.388 e. The first-order valence-corrected chi connectivity index (χ1v) is 6.56. The number of aromatic amines is 1. The van der Waals surface area contributed by atoms with E-state index in [0.717, 1.165) is 28.4 Å². The van der Waals surface area contributed by atoms with Gasteiger partial charge in [-0.25, -0.2) is 4.98 Å². The minimum atomic E-state index is 0.255. The number of hydrogen-bond acceptors (Lipinski definition) is 3. The predicted molar refractivity (Wildman–Crippen MR) is 72.7 cm³/mol. The average molecular weight is 248 g/mol. The summed E-state index contributed by atoms with van der Waals surface area (Å²) in [5.74, 6) is 1.18. The molecule has 1 heterocycles. The van der Waals surface area contributed by atoms with Crippen LogP contribution in [0, 0.1) is 12.3 Å². The Kier molecular flexibility index (Phi) is 3.68. The molecule has 2 aromatic rings. The van der Waals surface area contributed by atoms with Gasteiger partial charge in [0.1, 0.15) is 0 Å². The SMILES string of the molecule is Cc1ccc2nc(SCCCC(=N)N)[nH]c2c1. The highest BCUT2D eigenvalue weighted by Crippen LogP contribution is 2.21. The molecule has 0 aliphatic rings. The van der Waals surface area contributed by atoms with Gasteiger partial charge in [-0.2, -0.15) is 0 Å². The van der Waals surface area contributed by atoms with Crippen LogP contribution in [0.2, 0.25) is 0 Å². The number of aromatic nitrogens is 2. The van der Waals surface area contributed by atoms with Crippen LogP contribution in [-0.4, -0.2) is 21.6 Å². The van der Waals surface area contributed by atoms with Crippen LogP contribution >= 0.6 is 11.8 Å². The molecule has 0 spiro atoms. The molecule has 0 fully saturated rings. The molecule has 0 amide bonds. The monoisotopic (exact) mass is 248 g/mol. The molecule has 1 aromatic heterocycles. The highest BCUT2D eigenvalue weighted by molar-refractivity contribution is 7.99. The Hall–Kier alpha value is -1.49. The van der Waals surface area contributed by atoms with Gasteiger partial charge >= 0.3 is 0 Å². The number of rotatable bonds is 5. The Bertz CT molecular complexity index is 532. The molecule has 5 heteroatoms. The molecule has 1 aromatic carbocycles. The third-order valence-electron chi connectivity index (χ3n) is 2.44. The predicted octanol–water partition coefficient (Wildman–Crippen LogP) is 2.68. The number of hydrogen-bond donors (Lipinski definition) is 3. The van der Waals surface area contributed by atoms with Crippen LogP contribution < -0.4 is 5.73 Å². The van der Waals surface area contributed by atoms with Crippen molar-refractivity contribution in [2.24, 2.45) is 5.73 Å². The maximum absolute atomic E-state index is 7.13. The lowest BCUT2D eigenvalue weighted by Crippen LogP contribution is -2.08. The van der Waals surface area contributed by atoms with E-state index in [0.29, 0.717) is 6.42 Å². The van der Waals surface area contributed by atoms with E-state index in [-0.39, 0.29) is 5.84 Å². The molecule has 90 valence electrons. The van der Waals surface area contributed by atoms with Crippen molar-refractivity contribution in [1.82, 2.24) is 9.97 Å². The lowest BCUT2D eigenvalue weighted by molar-refractivity contribution is 0.979. The van der Waals surface area contributed by atoms with E-state index in [1.807, 2.05) is 6.07 Å². The first kappa shape index (κ1) is 12.0. The zero-order valence-corrected chi connectivity index (χ0v) is 10.6. The first-order chi connectivity index (χ1) is 8.15. The minimum absolute atomic E-state index is 0.255. The number of H-pyrrole nitrogens is 1. The molecule has 0 saturated carbocycles. The van der Waals surface area contributed by atoms with E-state index in [4.69, 9.17) is 11.1 Å². The second-order valence-electron chi connectivity index (χ2n) is 4.04. The van der Waals surface area contributed by atoms with Crippen LogP contribution in [0.4, 0.5) is 0 Å². The second-order valence-corrected chi connectivity index (χ2v) is 5.12. The molecular weight excluding hydrogens is 232 g/mol. The number of benzene rings is 1. The summed E-state index contributed by atoms with van der Waals surface area (Å²) >= 11 is 1.68. The Morgan fingerprint density at radius 1 is 1.53 bits per heavy atom. The Labute approximate surface area is 105 Å². The van der Waals surface area contributed by atoms with E-state index >= 15 is 0 Å². The molecule has 0 bridgehead atoms. The van der Waals surface area contributed by atoms with Gasteiger partial charge in [0.2, 0.25) is 0 Å². The fraction of sp³-hybridized carbons (Fsp3) is 0.333. The molecule has 0 saturated heterocycles. The molecule has 0 aliphatic carbocycles.